The first kappa shape index (κ1) is 20.0. The topological polar surface area (TPSA) is 67.9 Å². The second-order valence-electron chi connectivity index (χ2n) is 6.93. The maximum atomic E-state index is 12.8. The van der Waals surface area contributed by atoms with Gasteiger partial charge in [0.25, 0.3) is 0 Å². The van der Waals surface area contributed by atoms with Gasteiger partial charge in [0.15, 0.2) is 0 Å². The van der Waals surface area contributed by atoms with Gasteiger partial charge in [0, 0.05) is 30.8 Å². The second-order valence-corrected chi connectivity index (χ2v) is 7.33. The van der Waals surface area contributed by atoms with Crippen molar-refractivity contribution in [2.75, 3.05) is 31.0 Å². The summed E-state index contributed by atoms with van der Waals surface area (Å²) in [5.74, 6) is 0.0835. The maximum Gasteiger partial charge on any atom is 0.229 e. The molecule has 1 aliphatic heterocycles. The minimum absolute atomic E-state index is 0.0641. The molecule has 1 saturated heterocycles. The van der Waals surface area contributed by atoms with E-state index >= 15 is 0 Å². The van der Waals surface area contributed by atoms with E-state index in [4.69, 9.17) is 21.1 Å². The number of nitrogens with zero attached hydrogens (tertiary/aromatic N) is 1. The van der Waals surface area contributed by atoms with Crippen molar-refractivity contribution in [3.63, 3.8) is 0 Å². The quantitative estimate of drug-likeness (QED) is 0.821. The van der Waals surface area contributed by atoms with E-state index in [-0.39, 0.29) is 18.2 Å². The van der Waals surface area contributed by atoms with Crippen molar-refractivity contribution in [2.45, 2.75) is 20.3 Å². The largest absolute Gasteiger partial charge is 0.495 e. The smallest absolute Gasteiger partial charge is 0.229 e. The number of ether oxygens (including phenoxy) is 2. The molecule has 1 unspecified atom stereocenters. The van der Waals surface area contributed by atoms with E-state index in [0.717, 1.165) is 16.8 Å². The Morgan fingerprint density at radius 3 is 2.32 bits per heavy atom. The van der Waals surface area contributed by atoms with Crippen molar-refractivity contribution < 1.29 is 19.1 Å². The van der Waals surface area contributed by atoms with Crippen molar-refractivity contribution in [2.24, 2.45) is 5.92 Å². The Morgan fingerprint density at radius 2 is 1.71 bits per heavy atom. The average Bonchev–Trinajstić information content (AvgIpc) is 3.04. The highest BCUT2D eigenvalue weighted by molar-refractivity contribution is 6.32. The number of anilines is 2. The number of methoxy groups -OCH3 is 2. The highest BCUT2D eigenvalue weighted by Gasteiger charge is 2.35. The average molecular weight is 403 g/mol. The molecule has 0 aromatic heterocycles. The Labute approximate surface area is 169 Å². The lowest BCUT2D eigenvalue weighted by atomic mass is 10.1. The van der Waals surface area contributed by atoms with Gasteiger partial charge >= 0.3 is 0 Å². The number of hydrogen-bond acceptors (Lipinski definition) is 4. The molecular weight excluding hydrogens is 380 g/mol. The summed E-state index contributed by atoms with van der Waals surface area (Å²) in [6.45, 7) is 4.31. The molecule has 2 aromatic rings. The van der Waals surface area contributed by atoms with Crippen molar-refractivity contribution >= 4 is 34.8 Å². The molecule has 1 heterocycles. The summed E-state index contributed by atoms with van der Waals surface area (Å²) >= 11 is 6.11. The van der Waals surface area contributed by atoms with Gasteiger partial charge in [-0.3, -0.25) is 9.59 Å². The zero-order valence-corrected chi connectivity index (χ0v) is 17.1. The van der Waals surface area contributed by atoms with Crippen molar-refractivity contribution in [1.82, 2.24) is 0 Å². The minimum Gasteiger partial charge on any atom is -0.495 e. The van der Waals surface area contributed by atoms with Gasteiger partial charge in [0.2, 0.25) is 11.8 Å². The monoisotopic (exact) mass is 402 g/mol. The molecule has 1 fully saturated rings. The maximum absolute atomic E-state index is 12.8. The van der Waals surface area contributed by atoms with E-state index in [1.807, 2.05) is 26.0 Å². The summed E-state index contributed by atoms with van der Waals surface area (Å²) in [6, 6.07) is 9.15. The van der Waals surface area contributed by atoms with Crippen LogP contribution in [0.2, 0.25) is 5.02 Å². The molecule has 3 rings (SSSR count). The molecule has 1 N–H and O–H groups in total. The van der Waals surface area contributed by atoms with Crippen molar-refractivity contribution in [3.8, 4) is 11.5 Å². The highest BCUT2D eigenvalue weighted by atomic mass is 35.5. The Kier molecular flexibility index (Phi) is 5.79. The summed E-state index contributed by atoms with van der Waals surface area (Å²) in [6.07, 6.45) is 0.159. The van der Waals surface area contributed by atoms with Crippen LogP contribution >= 0.6 is 11.6 Å². The number of nitrogens with one attached hydrogen (secondary N) is 1. The second kappa shape index (κ2) is 8.10. The molecule has 0 bridgehead atoms. The number of benzene rings is 2. The Balaban J connectivity index is 1.78. The fraction of sp³-hybridized carbons (Fsp3) is 0.333. The summed E-state index contributed by atoms with van der Waals surface area (Å²) in [5.41, 5.74) is 3.43. The van der Waals surface area contributed by atoms with Crippen LogP contribution < -0.4 is 19.7 Å². The number of carbonyl (C=O) groups is 2. The molecule has 148 valence electrons. The normalized spacial score (nSPS) is 16.2. The van der Waals surface area contributed by atoms with Crippen LogP contribution in [-0.2, 0) is 9.59 Å². The fourth-order valence-corrected chi connectivity index (χ4v) is 3.66. The Bertz CT molecular complexity index is 909. The predicted molar refractivity (Wildman–Crippen MR) is 110 cm³/mol. The van der Waals surface area contributed by atoms with Crippen LogP contribution in [0, 0.1) is 19.8 Å². The standard InChI is InChI=1S/C21H23ClN2O4/c1-12-5-13(2)7-15(6-12)24-11-14(8-20(24)25)21(26)23-17-10-18(27-3)16(22)9-19(17)28-4/h5-7,9-10,14H,8,11H2,1-4H3,(H,23,26). The van der Waals surface area contributed by atoms with Gasteiger partial charge < -0.3 is 19.7 Å². The van der Waals surface area contributed by atoms with Gasteiger partial charge in [-0.2, -0.15) is 0 Å². The van der Waals surface area contributed by atoms with Gasteiger partial charge in [0.1, 0.15) is 11.5 Å². The van der Waals surface area contributed by atoms with Gasteiger partial charge in [0.05, 0.1) is 30.8 Å². The molecule has 2 amide bonds. The van der Waals surface area contributed by atoms with Crippen LogP contribution in [0.1, 0.15) is 17.5 Å². The molecule has 28 heavy (non-hydrogen) atoms. The summed E-state index contributed by atoms with van der Waals surface area (Å²) in [7, 11) is 2.99. The van der Waals surface area contributed by atoms with Crippen molar-refractivity contribution in [1.29, 1.82) is 0 Å². The molecule has 0 aliphatic carbocycles. The third-order valence-corrected chi connectivity index (χ3v) is 5.04. The molecule has 6 nitrogen and oxygen atoms in total. The van der Waals surface area contributed by atoms with E-state index < -0.39 is 5.92 Å². The lowest BCUT2D eigenvalue weighted by molar-refractivity contribution is -0.122. The Morgan fingerprint density at radius 1 is 1.07 bits per heavy atom. The lowest BCUT2D eigenvalue weighted by Crippen LogP contribution is -2.28. The molecule has 0 radical (unpaired) electrons. The molecule has 1 atom stereocenters. The highest BCUT2D eigenvalue weighted by Crippen LogP contribution is 2.36. The van der Waals surface area contributed by atoms with E-state index in [9.17, 15) is 9.59 Å². The zero-order valence-electron chi connectivity index (χ0n) is 16.3. The minimum atomic E-state index is -0.459. The van der Waals surface area contributed by atoms with Crippen LogP contribution in [-0.4, -0.2) is 32.6 Å². The van der Waals surface area contributed by atoms with E-state index in [2.05, 4.69) is 11.4 Å². The first-order valence-electron chi connectivity index (χ1n) is 8.93. The fourth-order valence-electron chi connectivity index (χ4n) is 3.43. The summed E-state index contributed by atoms with van der Waals surface area (Å²) in [5, 5.41) is 3.22. The molecule has 0 saturated carbocycles. The molecule has 0 spiro atoms. The van der Waals surface area contributed by atoms with Crippen LogP contribution in [0.4, 0.5) is 11.4 Å². The number of carbonyl (C=O) groups excluding carboxylic acids is 2. The molecule has 7 heteroatoms. The molecular formula is C21H23ClN2O4. The summed E-state index contributed by atoms with van der Waals surface area (Å²) < 4.78 is 10.5. The number of rotatable bonds is 5. The lowest BCUT2D eigenvalue weighted by Gasteiger charge is -2.18. The number of halogens is 1. The number of amides is 2. The number of aryl methyl sites for hydroxylation is 2. The number of hydrogen-bond donors (Lipinski definition) is 1. The van der Waals surface area contributed by atoms with E-state index in [1.165, 1.54) is 14.2 Å². The third-order valence-electron chi connectivity index (χ3n) is 4.75. The van der Waals surface area contributed by atoms with Crippen molar-refractivity contribution in [3.05, 3.63) is 46.5 Å². The van der Waals surface area contributed by atoms with Gasteiger partial charge in [-0.1, -0.05) is 17.7 Å². The van der Waals surface area contributed by atoms with E-state index in [1.54, 1.807) is 17.0 Å². The van der Waals surface area contributed by atoms with Crippen LogP contribution in [0.15, 0.2) is 30.3 Å². The molecule has 2 aromatic carbocycles. The first-order chi connectivity index (χ1) is 13.3. The van der Waals surface area contributed by atoms with Crippen LogP contribution in [0.3, 0.4) is 0 Å². The van der Waals surface area contributed by atoms with E-state index in [0.29, 0.717) is 28.8 Å². The van der Waals surface area contributed by atoms with Gasteiger partial charge in [-0.05, 0) is 37.1 Å². The third kappa shape index (κ3) is 4.07. The summed E-state index contributed by atoms with van der Waals surface area (Å²) in [4.78, 5) is 27.0. The SMILES string of the molecule is COc1cc(NC(=O)C2CC(=O)N(c3cc(C)cc(C)c3)C2)c(OC)cc1Cl. The van der Waals surface area contributed by atoms with Crippen LogP contribution in [0.25, 0.3) is 0 Å². The van der Waals surface area contributed by atoms with Gasteiger partial charge in [-0.15, -0.1) is 0 Å². The van der Waals surface area contributed by atoms with Gasteiger partial charge in [-0.25, -0.2) is 0 Å². The zero-order chi connectivity index (χ0) is 20.4. The predicted octanol–water partition coefficient (Wildman–Crippen LogP) is 3.97. The van der Waals surface area contributed by atoms with Crippen LogP contribution in [0.5, 0.6) is 11.5 Å². The first-order valence-corrected chi connectivity index (χ1v) is 9.31. The Hall–Kier alpha value is -2.73. The molecule has 1 aliphatic rings.